The minimum atomic E-state index is -5.73. The van der Waals surface area contributed by atoms with E-state index in [1.807, 2.05) is 0 Å². The van der Waals surface area contributed by atoms with E-state index in [1.54, 1.807) is 6.07 Å². The second-order valence-electron chi connectivity index (χ2n) is 4.98. The van der Waals surface area contributed by atoms with Crippen molar-refractivity contribution >= 4 is 27.4 Å². The molecule has 0 aromatic heterocycles. The molecule has 2 rings (SSSR count). The number of halogens is 4. The molecule has 14 heteroatoms. The van der Waals surface area contributed by atoms with E-state index in [9.17, 15) is 35.0 Å². The van der Waals surface area contributed by atoms with Gasteiger partial charge < -0.3 is 4.74 Å². The lowest BCUT2D eigenvalue weighted by molar-refractivity contribution is 0.0716. The average molecular weight is 463 g/mol. The first kappa shape index (κ1) is 23.0. The van der Waals surface area contributed by atoms with Crippen LogP contribution in [0.1, 0.15) is 15.9 Å². The Hall–Kier alpha value is -3.30. The van der Waals surface area contributed by atoms with Crippen molar-refractivity contribution in [2.45, 2.75) is 4.90 Å². The normalized spacial score (nSPS) is 11.7. The second-order valence-corrected chi connectivity index (χ2v) is 7.28. The Morgan fingerprint density at radius 1 is 1.03 bits per heavy atom. The Bertz CT molecular complexity index is 1230. The molecule has 0 aliphatic heterocycles. The highest BCUT2D eigenvalue weighted by atomic mass is 32.3. The third kappa shape index (κ3) is 4.81. The number of nitriles is 1. The van der Waals surface area contributed by atoms with Gasteiger partial charge in [-0.1, -0.05) is 5.92 Å². The molecule has 0 amide bonds. The van der Waals surface area contributed by atoms with Gasteiger partial charge in [0.1, 0.15) is 0 Å². The summed E-state index contributed by atoms with van der Waals surface area (Å²) in [4.78, 5) is 9.66. The molecule has 0 spiro atoms. The van der Waals surface area contributed by atoms with Crippen LogP contribution in [0.4, 0.5) is 17.6 Å². The van der Waals surface area contributed by atoms with Crippen molar-refractivity contribution in [3.63, 3.8) is 0 Å². The van der Waals surface area contributed by atoms with Crippen molar-refractivity contribution in [1.29, 1.82) is 5.26 Å². The van der Waals surface area contributed by atoms with Gasteiger partial charge in [-0.3, -0.25) is 4.55 Å². The Balaban J connectivity index is 2.45. The molecule has 0 heterocycles. The summed E-state index contributed by atoms with van der Waals surface area (Å²) in [5.74, 6) is -8.84. The van der Waals surface area contributed by atoms with Gasteiger partial charge in [-0.2, -0.15) is 26.7 Å². The fourth-order valence-corrected chi connectivity index (χ4v) is 3.46. The van der Waals surface area contributed by atoms with E-state index in [0.717, 1.165) is 12.1 Å². The van der Waals surface area contributed by atoms with Gasteiger partial charge in [0.15, 0.2) is 22.6 Å². The lowest BCUT2D eigenvalue weighted by atomic mass is 10.1. The molecule has 0 fully saturated rings. The quantitative estimate of drug-likeness (QED) is 0.178. The maximum absolute atomic E-state index is 14.1. The summed E-state index contributed by atoms with van der Waals surface area (Å²) in [7, 11) is -5.73. The zero-order valence-electron chi connectivity index (χ0n) is 14.0. The van der Waals surface area contributed by atoms with E-state index in [2.05, 4.69) is 20.2 Å². The van der Waals surface area contributed by atoms with Gasteiger partial charge in [-0.15, -0.1) is 3.63 Å². The molecule has 2 aromatic carbocycles. The Labute approximate surface area is 168 Å². The number of esters is 1. The van der Waals surface area contributed by atoms with E-state index in [4.69, 9.17) is 9.81 Å². The van der Waals surface area contributed by atoms with Crippen LogP contribution in [0.2, 0.25) is 0 Å². The van der Waals surface area contributed by atoms with Crippen molar-refractivity contribution in [3.05, 3.63) is 58.7 Å². The summed E-state index contributed by atoms with van der Waals surface area (Å²) in [6.45, 7) is 0. The highest BCUT2D eigenvalue weighted by Crippen LogP contribution is 2.34. The summed E-state index contributed by atoms with van der Waals surface area (Å²) in [6.07, 6.45) is 0. The van der Waals surface area contributed by atoms with Crippen LogP contribution in [-0.4, -0.2) is 23.1 Å². The van der Waals surface area contributed by atoms with Crippen LogP contribution in [0.15, 0.2) is 29.2 Å². The second kappa shape index (κ2) is 9.02. The number of carbonyl (C=O) groups excluding carboxylic acids is 1. The molecule has 8 nitrogen and oxygen atoms in total. The molecule has 0 saturated carbocycles. The molecule has 1 N–H and O–H groups in total. The van der Waals surface area contributed by atoms with Crippen LogP contribution in [0, 0.1) is 46.4 Å². The van der Waals surface area contributed by atoms with Gasteiger partial charge in [0.2, 0.25) is 17.4 Å². The Kier molecular flexibility index (Phi) is 6.91. The molecule has 30 heavy (non-hydrogen) atoms. The van der Waals surface area contributed by atoms with Crippen molar-refractivity contribution < 1.29 is 47.9 Å². The first-order chi connectivity index (χ1) is 14.0. The van der Waals surface area contributed by atoms with Crippen molar-refractivity contribution in [2.24, 2.45) is 0 Å². The minimum absolute atomic E-state index is 0.290. The van der Waals surface area contributed by atoms with Crippen LogP contribution < -0.4 is 4.74 Å². The number of ether oxygens (including phenoxy) is 1. The number of nitrogens with zero attached hydrogens (tertiary/aromatic N) is 1. The zero-order chi connectivity index (χ0) is 22.6. The lowest BCUT2D eigenvalue weighted by Gasteiger charge is -2.11. The van der Waals surface area contributed by atoms with Crippen molar-refractivity contribution in [2.75, 3.05) is 0 Å². The lowest BCUT2D eigenvalue weighted by Crippen LogP contribution is -2.18. The highest BCUT2D eigenvalue weighted by Gasteiger charge is 2.36. The zero-order valence-corrected chi connectivity index (χ0v) is 15.6. The van der Waals surface area contributed by atoms with E-state index in [0.29, 0.717) is 5.56 Å². The molecule has 156 valence electrons. The van der Waals surface area contributed by atoms with E-state index in [1.165, 1.54) is 12.1 Å². The van der Waals surface area contributed by atoms with E-state index < -0.39 is 61.4 Å². The fraction of sp³-hybridized carbons (Fsp3) is 0. The third-order valence-corrected chi connectivity index (χ3v) is 5.20. The monoisotopic (exact) mass is 463 g/mol. The van der Waals surface area contributed by atoms with Gasteiger partial charge >= 0.3 is 27.4 Å². The van der Waals surface area contributed by atoms with Crippen LogP contribution >= 0.6 is 0 Å². The maximum Gasteiger partial charge on any atom is 0.343 e. The molecule has 0 saturated heterocycles. The molecule has 0 radical (unpaired) electrons. The van der Waals surface area contributed by atoms with Crippen LogP contribution in [0.25, 0.3) is 0 Å². The van der Waals surface area contributed by atoms with Crippen LogP contribution in [0.3, 0.4) is 0 Å². The topological polar surface area (TPSA) is 131 Å². The van der Waals surface area contributed by atoms with Gasteiger partial charge in [0, 0.05) is 11.5 Å². The van der Waals surface area contributed by atoms with Gasteiger partial charge in [0.05, 0.1) is 5.56 Å². The van der Waals surface area contributed by atoms with Gasteiger partial charge in [-0.25, -0.2) is 13.6 Å². The maximum atomic E-state index is 14.1. The summed E-state index contributed by atoms with van der Waals surface area (Å²) in [5.41, 5.74) is -0.0498. The molecule has 0 bridgehead atoms. The summed E-state index contributed by atoms with van der Waals surface area (Å²) in [6, 6.07) is 6.14. The summed E-state index contributed by atoms with van der Waals surface area (Å²) < 4.78 is 106. The largest absolute Gasteiger partial charge is 0.416 e. The standard InChI is InChI=1S/C16H5F4NO7S2/c17-10-12(19)15(30(25,26)28-29(23)24)13(20)11(18)14(10)27-16(22)9-5-3-8(4-6-9)2-1-7-21/h3-6H,(H,23,24). The number of benzene rings is 2. The number of hydrogen-bond acceptors (Lipinski definition) is 7. The SMILES string of the molecule is N#CC#Cc1ccc(C(=O)Oc2c(F)c(F)c(S(=O)(=O)OS(=O)O)c(F)c2F)cc1. The highest BCUT2D eigenvalue weighted by molar-refractivity contribution is 7.95. The molecule has 0 aliphatic rings. The third-order valence-electron chi connectivity index (χ3n) is 3.16. The summed E-state index contributed by atoms with van der Waals surface area (Å²) in [5, 5.41) is 8.34. The van der Waals surface area contributed by atoms with E-state index >= 15 is 0 Å². The first-order valence-corrected chi connectivity index (χ1v) is 9.57. The minimum Gasteiger partial charge on any atom is -0.416 e. The fourth-order valence-electron chi connectivity index (χ4n) is 1.95. The predicted octanol–water partition coefficient (Wildman–Crippen LogP) is 2.18. The number of hydrogen-bond donors (Lipinski definition) is 1. The van der Waals surface area contributed by atoms with Gasteiger partial charge in [0.25, 0.3) is 0 Å². The molecular weight excluding hydrogens is 458 g/mol. The predicted molar refractivity (Wildman–Crippen MR) is 89.2 cm³/mol. The molecular formula is C16H5F4NO7S2. The Morgan fingerprint density at radius 2 is 1.57 bits per heavy atom. The first-order valence-electron chi connectivity index (χ1n) is 7.13. The summed E-state index contributed by atoms with van der Waals surface area (Å²) >= 11 is -3.59. The average Bonchev–Trinajstić information content (AvgIpc) is 2.67. The molecule has 2 aromatic rings. The van der Waals surface area contributed by atoms with Gasteiger partial charge in [-0.05, 0) is 24.3 Å². The van der Waals surface area contributed by atoms with Crippen molar-refractivity contribution in [3.8, 4) is 23.7 Å². The smallest absolute Gasteiger partial charge is 0.343 e. The van der Waals surface area contributed by atoms with Crippen LogP contribution in [-0.2, 0) is 25.1 Å². The van der Waals surface area contributed by atoms with E-state index in [-0.39, 0.29) is 5.56 Å². The number of rotatable bonds is 5. The Morgan fingerprint density at radius 3 is 2.03 bits per heavy atom. The molecule has 1 unspecified atom stereocenters. The van der Waals surface area contributed by atoms with Crippen LogP contribution in [0.5, 0.6) is 5.75 Å². The van der Waals surface area contributed by atoms with Crippen molar-refractivity contribution in [1.82, 2.24) is 0 Å². The molecule has 1 atom stereocenters. The molecule has 0 aliphatic carbocycles. The number of carbonyl (C=O) groups is 1.